The molecule has 0 spiro atoms. The second-order valence-electron chi connectivity index (χ2n) is 6.41. The maximum atomic E-state index is 12.6. The average Bonchev–Trinajstić information content (AvgIpc) is 2.67. The zero-order valence-corrected chi connectivity index (χ0v) is 15.8. The number of benzene rings is 2. The summed E-state index contributed by atoms with van der Waals surface area (Å²) in [7, 11) is 0. The van der Waals surface area contributed by atoms with Crippen LogP contribution < -0.4 is 5.32 Å². The lowest BCUT2D eigenvalue weighted by Gasteiger charge is -2.32. The van der Waals surface area contributed by atoms with Gasteiger partial charge in [0.25, 0.3) is 5.91 Å². The predicted octanol–water partition coefficient (Wildman–Crippen LogP) is 4.16. The molecular formula is C20H20Cl2N2O2. The molecule has 1 aliphatic heterocycles. The average molecular weight is 391 g/mol. The van der Waals surface area contributed by atoms with Crippen LogP contribution in [0.3, 0.4) is 0 Å². The second-order valence-corrected chi connectivity index (χ2v) is 7.25. The van der Waals surface area contributed by atoms with E-state index in [1.165, 1.54) is 0 Å². The van der Waals surface area contributed by atoms with Gasteiger partial charge in [0.2, 0.25) is 5.91 Å². The number of hydrogen-bond acceptors (Lipinski definition) is 2. The lowest BCUT2D eigenvalue weighted by molar-refractivity contribution is -0.126. The number of piperidine rings is 1. The highest BCUT2D eigenvalue weighted by molar-refractivity contribution is 6.31. The number of nitrogens with one attached hydrogen (secondary N) is 1. The van der Waals surface area contributed by atoms with E-state index in [0.29, 0.717) is 35.2 Å². The number of likely N-dealkylation sites (tertiary alicyclic amines) is 1. The minimum absolute atomic E-state index is 0.0430. The molecule has 0 bridgehead atoms. The first-order valence-electron chi connectivity index (χ1n) is 8.60. The summed E-state index contributed by atoms with van der Waals surface area (Å²) in [6.45, 7) is 1.48. The fourth-order valence-corrected chi connectivity index (χ4v) is 3.45. The molecule has 1 atom stereocenters. The van der Waals surface area contributed by atoms with E-state index in [1.807, 2.05) is 18.2 Å². The minimum atomic E-state index is -0.206. The van der Waals surface area contributed by atoms with E-state index in [9.17, 15) is 9.59 Å². The van der Waals surface area contributed by atoms with Crippen molar-refractivity contribution in [3.8, 4) is 0 Å². The van der Waals surface area contributed by atoms with E-state index in [-0.39, 0.29) is 17.7 Å². The van der Waals surface area contributed by atoms with Crippen LogP contribution in [0.15, 0.2) is 48.5 Å². The van der Waals surface area contributed by atoms with Crippen LogP contribution >= 0.6 is 23.2 Å². The summed E-state index contributed by atoms with van der Waals surface area (Å²) in [6, 6.07) is 14.3. The summed E-state index contributed by atoms with van der Waals surface area (Å²) in [6.07, 6.45) is 1.59. The maximum Gasteiger partial charge on any atom is 0.253 e. The standard InChI is InChI=1S/C20H20Cl2N2O2/c21-17-9-7-14(8-10-17)20(26)24-11-3-5-16(13-24)19(25)23-12-15-4-1-2-6-18(15)22/h1-2,4,6-10,16H,3,5,11-13H2,(H,23,25)/t16-/m0/s1. The van der Waals surface area contributed by atoms with Crippen LogP contribution in [-0.4, -0.2) is 29.8 Å². The Morgan fingerprint density at radius 2 is 1.81 bits per heavy atom. The first-order chi connectivity index (χ1) is 12.5. The number of carbonyl (C=O) groups is 2. The van der Waals surface area contributed by atoms with Crippen molar-refractivity contribution in [1.29, 1.82) is 0 Å². The van der Waals surface area contributed by atoms with Crippen molar-refractivity contribution < 1.29 is 9.59 Å². The molecule has 0 radical (unpaired) electrons. The number of halogens is 2. The lowest BCUT2D eigenvalue weighted by atomic mass is 9.96. The summed E-state index contributed by atoms with van der Waals surface area (Å²) < 4.78 is 0. The van der Waals surface area contributed by atoms with E-state index in [1.54, 1.807) is 35.2 Å². The Morgan fingerprint density at radius 1 is 1.08 bits per heavy atom. The SMILES string of the molecule is O=C(NCc1ccccc1Cl)[C@H]1CCCN(C(=O)c2ccc(Cl)cc2)C1. The number of nitrogens with zero attached hydrogens (tertiary/aromatic N) is 1. The van der Waals surface area contributed by atoms with Gasteiger partial charge in [-0.2, -0.15) is 0 Å². The molecule has 2 aromatic carbocycles. The molecule has 1 fully saturated rings. The van der Waals surface area contributed by atoms with Crippen molar-refractivity contribution in [3.63, 3.8) is 0 Å². The van der Waals surface area contributed by atoms with E-state index >= 15 is 0 Å². The van der Waals surface area contributed by atoms with Gasteiger partial charge in [0, 0.05) is 35.2 Å². The summed E-state index contributed by atoms with van der Waals surface area (Å²) in [5, 5.41) is 4.17. The van der Waals surface area contributed by atoms with E-state index in [4.69, 9.17) is 23.2 Å². The van der Waals surface area contributed by atoms with Crippen LogP contribution in [0.4, 0.5) is 0 Å². The number of hydrogen-bond donors (Lipinski definition) is 1. The number of amides is 2. The van der Waals surface area contributed by atoms with Crippen LogP contribution in [0.5, 0.6) is 0 Å². The highest BCUT2D eigenvalue weighted by Crippen LogP contribution is 2.20. The molecule has 1 aliphatic rings. The fourth-order valence-electron chi connectivity index (χ4n) is 3.12. The van der Waals surface area contributed by atoms with Crippen molar-refractivity contribution in [2.45, 2.75) is 19.4 Å². The van der Waals surface area contributed by atoms with E-state index in [0.717, 1.165) is 18.4 Å². The Morgan fingerprint density at radius 3 is 2.54 bits per heavy atom. The molecule has 1 N–H and O–H groups in total. The topological polar surface area (TPSA) is 49.4 Å². The third-order valence-corrected chi connectivity index (χ3v) is 5.20. The minimum Gasteiger partial charge on any atom is -0.352 e. The van der Waals surface area contributed by atoms with E-state index in [2.05, 4.69) is 5.32 Å². The highest BCUT2D eigenvalue weighted by Gasteiger charge is 2.28. The lowest BCUT2D eigenvalue weighted by Crippen LogP contribution is -2.45. The Balaban J connectivity index is 1.59. The van der Waals surface area contributed by atoms with Crippen molar-refractivity contribution in [2.24, 2.45) is 5.92 Å². The van der Waals surface area contributed by atoms with Gasteiger partial charge >= 0.3 is 0 Å². The summed E-state index contributed by atoms with van der Waals surface area (Å²) in [5.41, 5.74) is 1.47. The van der Waals surface area contributed by atoms with Crippen LogP contribution in [0.1, 0.15) is 28.8 Å². The number of carbonyl (C=O) groups excluding carboxylic acids is 2. The molecule has 1 heterocycles. The first kappa shape index (κ1) is 18.7. The van der Waals surface area contributed by atoms with Crippen LogP contribution in [0, 0.1) is 5.92 Å². The molecule has 4 nitrogen and oxygen atoms in total. The van der Waals surface area contributed by atoms with Crippen molar-refractivity contribution in [1.82, 2.24) is 10.2 Å². The highest BCUT2D eigenvalue weighted by atomic mass is 35.5. The van der Waals surface area contributed by atoms with Crippen LogP contribution in [0.25, 0.3) is 0 Å². The van der Waals surface area contributed by atoms with Crippen molar-refractivity contribution in [2.75, 3.05) is 13.1 Å². The summed E-state index contributed by atoms with van der Waals surface area (Å²) in [4.78, 5) is 26.9. The van der Waals surface area contributed by atoms with Gasteiger partial charge in [-0.05, 0) is 48.7 Å². The maximum absolute atomic E-state index is 12.6. The van der Waals surface area contributed by atoms with Gasteiger partial charge in [0.15, 0.2) is 0 Å². The number of rotatable bonds is 4. The monoisotopic (exact) mass is 390 g/mol. The molecule has 3 rings (SSSR count). The van der Waals surface area contributed by atoms with Gasteiger partial charge in [0.1, 0.15) is 0 Å². The molecule has 0 aliphatic carbocycles. The van der Waals surface area contributed by atoms with Crippen molar-refractivity contribution in [3.05, 3.63) is 69.7 Å². The zero-order valence-electron chi connectivity index (χ0n) is 14.3. The Hall–Kier alpha value is -2.04. The summed E-state index contributed by atoms with van der Waals surface area (Å²) in [5.74, 6) is -0.314. The van der Waals surface area contributed by atoms with Gasteiger partial charge in [0.05, 0.1) is 5.92 Å². The molecule has 0 saturated carbocycles. The zero-order chi connectivity index (χ0) is 18.5. The molecule has 1 saturated heterocycles. The van der Waals surface area contributed by atoms with Crippen LogP contribution in [0.2, 0.25) is 10.0 Å². The molecular weight excluding hydrogens is 371 g/mol. The molecule has 0 aromatic heterocycles. The third-order valence-electron chi connectivity index (χ3n) is 4.58. The van der Waals surface area contributed by atoms with Crippen molar-refractivity contribution >= 4 is 35.0 Å². The Labute approximate surface area is 163 Å². The fraction of sp³-hybridized carbons (Fsp3) is 0.300. The molecule has 2 aromatic rings. The molecule has 136 valence electrons. The second kappa shape index (κ2) is 8.56. The predicted molar refractivity (Wildman–Crippen MR) is 103 cm³/mol. The molecule has 0 unspecified atom stereocenters. The van der Waals surface area contributed by atoms with Gasteiger partial charge in [-0.15, -0.1) is 0 Å². The Bertz CT molecular complexity index is 793. The third kappa shape index (κ3) is 4.57. The molecule has 6 heteroatoms. The smallest absolute Gasteiger partial charge is 0.253 e. The summed E-state index contributed by atoms with van der Waals surface area (Å²) >= 11 is 12.0. The molecule has 26 heavy (non-hydrogen) atoms. The van der Waals surface area contributed by atoms with E-state index < -0.39 is 0 Å². The first-order valence-corrected chi connectivity index (χ1v) is 9.36. The van der Waals surface area contributed by atoms with Gasteiger partial charge in [-0.25, -0.2) is 0 Å². The van der Waals surface area contributed by atoms with Gasteiger partial charge < -0.3 is 10.2 Å². The largest absolute Gasteiger partial charge is 0.352 e. The van der Waals surface area contributed by atoms with Gasteiger partial charge in [-0.1, -0.05) is 41.4 Å². The molecule has 2 amide bonds. The normalized spacial score (nSPS) is 17.0. The quantitative estimate of drug-likeness (QED) is 0.851. The van der Waals surface area contributed by atoms with Crippen LogP contribution in [-0.2, 0) is 11.3 Å². The Kier molecular flexibility index (Phi) is 6.17. The van der Waals surface area contributed by atoms with Gasteiger partial charge in [-0.3, -0.25) is 9.59 Å².